The van der Waals surface area contributed by atoms with Crippen molar-refractivity contribution in [2.24, 2.45) is 0 Å². The Bertz CT molecular complexity index is 1770. The second kappa shape index (κ2) is 9.33. The highest BCUT2D eigenvalue weighted by Crippen LogP contribution is 2.43. The fourth-order valence-corrected chi connectivity index (χ4v) is 7.23. The van der Waals surface area contributed by atoms with Gasteiger partial charge >= 0.3 is 0 Å². The molecule has 0 bridgehead atoms. The van der Waals surface area contributed by atoms with Crippen LogP contribution in [0.2, 0.25) is 0 Å². The van der Waals surface area contributed by atoms with E-state index >= 15 is 0 Å². The average molecular weight is 517 g/mol. The standard InChI is InChI=1S/C34H32N2O3/c1-19-10-12-23-26-15-17-28(34(39)36-22-8-4-5-9-22)30-20(18-37)11-13-24(32(26)30)25-14-16-27(29(19)31(23)25)33(38)35-21-6-2-3-7-21/h10-18,21-22H,2-9H2,1H3,(H,35,38)(H,36,39). The minimum Gasteiger partial charge on any atom is -0.349 e. The first-order valence-corrected chi connectivity index (χ1v) is 14.3. The molecule has 196 valence electrons. The number of aryl methyl sites for hydroxylation is 1. The van der Waals surface area contributed by atoms with Crippen molar-refractivity contribution in [3.63, 3.8) is 0 Å². The summed E-state index contributed by atoms with van der Waals surface area (Å²) in [6.07, 6.45) is 9.53. The second-order valence-corrected chi connectivity index (χ2v) is 11.5. The van der Waals surface area contributed by atoms with Gasteiger partial charge in [-0.1, -0.05) is 62.1 Å². The van der Waals surface area contributed by atoms with Crippen molar-refractivity contribution in [2.75, 3.05) is 0 Å². The first-order chi connectivity index (χ1) is 19.0. The molecular weight excluding hydrogens is 484 g/mol. The summed E-state index contributed by atoms with van der Waals surface area (Å²) in [5.74, 6) is -0.132. The number of benzene rings is 5. The van der Waals surface area contributed by atoms with Crippen LogP contribution < -0.4 is 10.6 Å². The van der Waals surface area contributed by atoms with Crippen molar-refractivity contribution >= 4 is 61.2 Å². The lowest BCUT2D eigenvalue weighted by Gasteiger charge is -2.21. The fraction of sp³-hybridized carbons (Fsp3) is 0.324. The van der Waals surface area contributed by atoms with Gasteiger partial charge in [0.15, 0.2) is 6.29 Å². The van der Waals surface area contributed by atoms with E-state index in [9.17, 15) is 14.4 Å². The van der Waals surface area contributed by atoms with Gasteiger partial charge in [0, 0.05) is 34.2 Å². The normalized spacial score (nSPS) is 16.6. The molecule has 0 unspecified atom stereocenters. The first-order valence-electron chi connectivity index (χ1n) is 14.3. The maximum atomic E-state index is 13.5. The van der Waals surface area contributed by atoms with Gasteiger partial charge < -0.3 is 10.6 Å². The molecule has 5 nitrogen and oxygen atoms in total. The van der Waals surface area contributed by atoms with Crippen molar-refractivity contribution in [3.8, 4) is 0 Å². The van der Waals surface area contributed by atoms with Crippen LogP contribution >= 0.6 is 0 Å². The maximum absolute atomic E-state index is 13.5. The van der Waals surface area contributed by atoms with Gasteiger partial charge in [-0.15, -0.1) is 0 Å². The summed E-state index contributed by atoms with van der Waals surface area (Å²) in [5.41, 5.74) is 2.83. The molecule has 0 aromatic heterocycles. The highest BCUT2D eigenvalue weighted by Gasteiger charge is 2.25. The molecule has 0 atom stereocenters. The van der Waals surface area contributed by atoms with Gasteiger partial charge in [0.25, 0.3) is 11.8 Å². The molecule has 0 spiro atoms. The molecule has 2 fully saturated rings. The largest absolute Gasteiger partial charge is 0.349 e. The third-order valence-corrected chi connectivity index (χ3v) is 9.14. The third kappa shape index (κ3) is 3.78. The zero-order valence-electron chi connectivity index (χ0n) is 22.2. The molecule has 0 radical (unpaired) electrons. The molecule has 0 heterocycles. The zero-order valence-corrected chi connectivity index (χ0v) is 22.2. The molecule has 2 aliphatic carbocycles. The Morgan fingerprint density at radius 2 is 1.05 bits per heavy atom. The SMILES string of the molecule is Cc1ccc2c3ccc(C(=O)NC4CCCC4)c4c(C=O)ccc(c5ccc(C(=O)NC6CCCC6)c1c52)c43. The lowest BCUT2D eigenvalue weighted by molar-refractivity contribution is 0.0931. The molecular formula is C34H32N2O3. The summed E-state index contributed by atoms with van der Waals surface area (Å²) in [6, 6.07) is 16.3. The summed E-state index contributed by atoms with van der Waals surface area (Å²) in [5, 5.41) is 14.2. The van der Waals surface area contributed by atoms with Crippen molar-refractivity contribution in [1.82, 2.24) is 10.6 Å². The second-order valence-electron chi connectivity index (χ2n) is 11.5. The summed E-state index contributed by atoms with van der Waals surface area (Å²) in [6.45, 7) is 2.06. The van der Waals surface area contributed by atoms with Crippen LogP contribution in [0.25, 0.3) is 43.1 Å². The molecule has 39 heavy (non-hydrogen) atoms. The third-order valence-electron chi connectivity index (χ3n) is 9.14. The molecule has 0 aliphatic heterocycles. The van der Waals surface area contributed by atoms with E-state index in [4.69, 9.17) is 0 Å². The molecule has 2 N–H and O–H groups in total. The molecule has 2 aliphatic rings. The Balaban J connectivity index is 1.48. The predicted octanol–water partition coefficient (Wildman–Crippen LogP) is 7.20. The highest BCUT2D eigenvalue weighted by atomic mass is 16.2. The van der Waals surface area contributed by atoms with Gasteiger partial charge in [0.2, 0.25) is 0 Å². The van der Waals surface area contributed by atoms with Gasteiger partial charge in [0.1, 0.15) is 0 Å². The van der Waals surface area contributed by atoms with Gasteiger partial charge in [-0.3, -0.25) is 14.4 Å². The molecule has 2 amide bonds. The van der Waals surface area contributed by atoms with Crippen molar-refractivity contribution < 1.29 is 14.4 Å². The van der Waals surface area contributed by atoms with E-state index < -0.39 is 0 Å². The van der Waals surface area contributed by atoms with Crippen molar-refractivity contribution in [2.45, 2.75) is 70.4 Å². The van der Waals surface area contributed by atoms with Gasteiger partial charge in [-0.2, -0.15) is 0 Å². The number of carbonyl (C=O) groups excluding carboxylic acids is 3. The summed E-state index contributed by atoms with van der Waals surface area (Å²) >= 11 is 0. The highest BCUT2D eigenvalue weighted by molar-refractivity contribution is 6.37. The zero-order chi connectivity index (χ0) is 26.7. The summed E-state index contributed by atoms with van der Waals surface area (Å²) in [7, 11) is 0. The van der Waals surface area contributed by atoms with Gasteiger partial charge in [-0.25, -0.2) is 0 Å². The number of carbonyl (C=O) groups is 3. The fourth-order valence-electron chi connectivity index (χ4n) is 7.23. The number of nitrogens with one attached hydrogen (secondary N) is 2. The summed E-state index contributed by atoms with van der Waals surface area (Å²) < 4.78 is 0. The van der Waals surface area contributed by atoms with Crippen LogP contribution in [0.1, 0.15) is 88.0 Å². The van der Waals surface area contributed by atoms with E-state index in [1.54, 1.807) is 0 Å². The molecule has 5 heteroatoms. The number of rotatable bonds is 5. The smallest absolute Gasteiger partial charge is 0.252 e. The van der Waals surface area contributed by atoms with E-state index in [-0.39, 0.29) is 23.9 Å². The quantitative estimate of drug-likeness (QED) is 0.147. The van der Waals surface area contributed by atoms with Gasteiger partial charge in [0.05, 0.1) is 0 Å². The Morgan fingerprint density at radius 1 is 0.615 bits per heavy atom. The van der Waals surface area contributed by atoms with E-state index in [0.29, 0.717) is 22.1 Å². The van der Waals surface area contributed by atoms with E-state index in [0.717, 1.165) is 101 Å². The summed E-state index contributed by atoms with van der Waals surface area (Å²) in [4.78, 5) is 39.2. The average Bonchev–Trinajstić information content (AvgIpc) is 3.66. The predicted molar refractivity (Wildman–Crippen MR) is 157 cm³/mol. The number of hydrogen-bond donors (Lipinski definition) is 2. The monoisotopic (exact) mass is 516 g/mol. The minimum absolute atomic E-state index is 0.0140. The number of fused-ring (bicyclic) bond motifs is 2. The van der Waals surface area contributed by atoms with Crippen LogP contribution in [0, 0.1) is 6.92 Å². The van der Waals surface area contributed by atoms with Crippen molar-refractivity contribution in [3.05, 3.63) is 70.8 Å². The maximum Gasteiger partial charge on any atom is 0.252 e. The topological polar surface area (TPSA) is 75.3 Å². The minimum atomic E-state index is -0.118. The van der Waals surface area contributed by atoms with Crippen molar-refractivity contribution in [1.29, 1.82) is 0 Å². The van der Waals surface area contributed by atoms with Crippen LogP contribution in [-0.2, 0) is 0 Å². The number of hydrogen-bond acceptors (Lipinski definition) is 3. The van der Waals surface area contributed by atoms with Crippen LogP contribution in [0.3, 0.4) is 0 Å². The van der Waals surface area contributed by atoms with Crippen LogP contribution in [0.15, 0.2) is 48.5 Å². The van der Waals surface area contributed by atoms with E-state index in [2.05, 4.69) is 29.7 Å². The molecule has 7 rings (SSSR count). The Morgan fingerprint density at radius 3 is 1.56 bits per heavy atom. The number of aldehydes is 1. The Hall–Kier alpha value is -3.99. The molecule has 2 saturated carbocycles. The first kappa shape index (κ1) is 24.1. The lowest BCUT2D eigenvalue weighted by atomic mass is 9.84. The molecule has 5 aromatic carbocycles. The van der Waals surface area contributed by atoms with Crippen LogP contribution in [0.4, 0.5) is 0 Å². The Labute approximate surface area is 227 Å². The number of amides is 2. The lowest BCUT2D eigenvalue weighted by Crippen LogP contribution is -2.32. The molecule has 5 aromatic rings. The Kier molecular flexibility index (Phi) is 5.76. The van der Waals surface area contributed by atoms with E-state index in [1.807, 2.05) is 36.4 Å². The van der Waals surface area contributed by atoms with Crippen LogP contribution in [0.5, 0.6) is 0 Å². The van der Waals surface area contributed by atoms with Gasteiger partial charge in [-0.05, 0) is 88.0 Å². The van der Waals surface area contributed by atoms with Crippen LogP contribution in [-0.4, -0.2) is 30.2 Å². The molecule has 0 saturated heterocycles. The van der Waals surface area contributed by atoms with E-state index in [1.165, 1.54) is 0 Å².